The van der Waals surface area contributed by atoms with Gasteiger partial charge in [0.2, 0.25) is 0 Å². The highest BCUT2D eigenvalue weighted by Gasteiger charge is 2.12. The molecule has 0 saturated carbocycles. The number of aliphatic hydroxyl groups is 1. The van der Waals surface area contributed by atoms with Gasteiger partial charge in [0.15, 0.2) is 0 Å². The second-order valence-electron chi connectivity index (χ2n) is 4.47. The molecule has 1 unspecified atom stereocenters. The van der Waals surface area contributed by atoms with Gasteiger partial charge in [0.05, 0.1) is 22.3 Å². The molecule has 0 fully saturated rings. The van der Waals surface area contributed by atoms with E-state index in [0.29, 0.717) is 15.7 Å². The Balaban J connectivity index is 2.28. The van der Waals surface area contributed by atoms with Crippen LogP contribution >= 0.6 is 23.2 Å². The number of benzene rings is 1. The van der Waals surface area contributed by atoms with Gasteiger partial charge in [-0.2, -0.15) is 0 Å². The Bertz CT molecular complexity index is 664. The lowest BCUT2D eigenvalue weighted by Gasteiger charge is -2.10. The van der Waals surface area contributed by atoms with Crippen molar-refractivity contribution in [3.05, 3.63) is 46.3 Å². The molecule has 0 saturated heterocycles. The fraction of sp³-hybridized carbons (Fsp3) is 0.214. The molecule has 7 heteroatoms. The van der Waals surface area contributed by atoms with E-state index in [9.17, 15) is 4.79 Å². The molecule has 5 nitrogen and oxygen atoms in total. The van der Waals surface area contributed by atoms with Gasteiger partial charge in [-0.15, -0.1) is 0 Å². The first-order valence-electron chi connectivity index (χ1n) is 6.20. The maximum Gasteiger partial charge on any atom is 0.270 e. The molecule has 21 heavy (non-hydrogen) atoms. The second kappa shape index (κ2) is 6.85. The highest BCUT2D eigenvalue weighted by Crippen LogP contribution is 2.27. The maximum absolute atomic E-state index is 12.0. The molecule has 1 amide bonds. The Morgan fingerprint density at radius 2 is 2.05 bits per heavy atom. The smallest absolute Gasteiger partial charge is 0.270 e. The van der Waals surface area contributed by atoms with Crippen molar-refractivity contribution in [3.8, 4) is 11.3 Å². The largest absolute Gasteiger partial charge is 0.394 e. The van der Waals surface area contributed by atoms with Crippen LogP contribution in [0.2, 0.25) is 10.0 Å². The van der Waals surface area contributed by atoms with Gasteiger partial charge in [0.1, 0.15) is 12.0 Å². The summed E-state index contributed by atoms with van der Waals surface area (Å²) in [6.07, 6.45) is 1.30. The average Bonchev–Trinajstić information content (AvgIpc) is 2.50. The van der Waals surface area contributed by atoms with E-state index in [1.165, 1.54) is 6.33 Å². The van der Waals surface area contributed by atoms with E-state index in [1.807, 2.05) is 0 Å². The highest BCUT2D eigenvalue weighted by atomic mass is 35.5. The van der Waals surface area contributed by atoms with Gasteiger partial charge >= 0.3 is 0 Å². The molecule has 0 bridgehead atoms. The van der Waals surface area contributed by atoms with E-state index in [1.54, 1.807) is 31.2 Å². The van der Waals surface area contributed by atoms with Crippen LogP contribution in [0.25, 0.3) is 11.3 Å². The van der Waals surface area contributed by atoms with Gasteiger partial charge in [0.25, 0.3) is 5.91 Å². The standard InChI is InChI=1S/C14H13Cl2N3O2/c1-8(6-20)19-14(21)13-5-12(17-7-18-13)9-2-3-10(15)11(16)4-9/h2-5,7-8,20H,6H2,1H3,(H,19,21). The molecule has 2 aromatic rings. The molecule has 1 heterocycles. The summed E-state index contributed by atoms with van der Waals surface area (Å²) in [6.45, 7) is 1.55. The molecule has 0 spiro atoms. The number of carbonyl (C=O) groups is 1. The van der Waals surface area contributed by atoms with Crippen LogP contribution in [0.15, 0.2) is 30.6 Å². The van der Waals surface area contributed by atoms with Crippen molar-refractivity contribution in [2.45, 2.75) is 13.0 Å². The molecular weight excluding hydrogens is 313 g/mol. The van der Waals surface area contributed by atoms with Gasteiger partial charge in [-0.05, 0) is 25.1 Å². The Morgan fingerprint density at radius 1 is 1.29 bits per heavy atom. The minimum atomic E-state index is -0.375. The SMILES string of the molecule is CC(CO)NC(=O)c1cc(-c2ccc(Cl)c(Cl)c2)ncn1. The monoisotopic (exact) mass is 325 g/mol. The van der Waals surface area contributed by atoms with E-state index in [-0.39, 0.29) is 24.2 Å². The lowest BCUT2D eigenvalue weighted by Crippen LogP contribution is -2.35. The Hall–Kier alpha value is -1.69. The normalized spacial score (nSPS) is 12.0. The van der Waals surface area contributed by atoms with E-state index in [2.05, 4.69) is 15.3 Å². The number of halogens is 2. The summed E-state index contributed by atoms with van der Waals surface area (Å²) in [5.74, 6) is -0.375. The number of carbonyl (C=O) groups excluding carboxylic acids is 1. The molecular formula is C14H13Cl2N3O2. The summed E-state index contributed by atoms with van der Waals surface area (Å²) < 4.78 is 0. The Kier molecular flexibility index (Phi) is 5.12. The van der Waals surface area contributed by atoms with Crippen molar-refractivity contribution in [2.75, 3.05) is 6.61 Å². The van der Waals surface area contributed by atoms with Crippen LogP contribution in [0, 0.1) is 0 Å². The Morgan fingerprint density at radius 3 is 2.71 bits per heavy atom. The minimum absolute atomic E-state index is 0.142. The topological polar surface area (TPSA) is 75.1 Å². The highest BCUT2D eigenvalue weighted by molar-refractivity contribution is 6.42. The van der Waals surface area contributed by atoms with Crippen LogP contribution in [0.5, 0.6) is 0 Å². The fourth-order valence-corrected chi connectivity index (χ4v) is 1.94. The summed E-state index contributed by atoms with van der Waals surface area (Å²) in [4.78, 5) is 20.0. The second-order valence-corrected chi connectivity index (χ2v) is 5.29. The van der Waals surface area contributed by atoms with Crippen LogP contribution in [0.4, 0.5) is 0 Å². The Labute approximate surface area is 131 Å². The van der Waals surface area contributed by atoms with E-state index in [0.717, 1.165) is 5.56 Å². The zero-order valence-electron chi connectivity index (χ0n) is 11.2. The molecule has 0 aliphatic carbocycles. The molecule has 0 aliphatic rings. The predicted octanol–water partition coefficient (Wildman–Crippen LogP) is 2.56. The van der Waals surface area contributed by atoms with Crippen molar-refractivity contribution in [3.63, 3.8) is 0 Å². The van der Waals surface area contributed by atoms with Gasteiger partial charge in [-0.25, -0.2) is 9.97 Å². The third-order valence-electron chi connectivity index (χ3n) is 2.77. The van der Waals surface area contributed by atoms with Crippen LogP contribution in [-0.2, 0) is 0 Å². The van der Waals surface area contributed by atoms with Crippen molar-refractivity contribution in [1.82, 2.24) is 15.3 Å². The van der Waals surface area contributed by atoms with Crippen LogP contribution in [0.3, 0.4) is 0 Å². The van der Waals surface area contributed by atoms with Crippen LogP contribution in [-0.4, -0.2) is 33.6 Å². The van der Waals surface area contributed by atoms with E-state index < -0.39 is 0 Å². The lowest BCUT2D eigenvalue weighted by molar-refractivity contribution is 0.0917. The zero-order chi connectivity index (χ0) is 15.4. The molecule has 1 aromatic heterocycles. The zero-order valence-corrected chi connectivity index (χ0v) is 12.7. The van der Waals surface area contributed by atoms with E-state index in [4.69, 9.17) is 28.3 Å². The number of rotatable bonds is 4. The van der Waals surface area contributed by atoms with Gasteiger partial charge in [0, 0.05) is 11.6 Å². The first-order valence-corrected chi connectivity index (χ1v) is 6.96. The summed E-state index contributed by atoms with van der Waals surface area (Å²) in [5, 5.41) is 12.4. The number of hydrogen-bond donors (Lipinski definition) is 2. The first kappa shape index (κ1) is 15.7. The first-order chi connectivity index (χ1) is 10.0. The third-order valence-corrected chi connectivity index (χ3v) is 3.51. The van der Waals surface area contributed by atoms with Crippen molar-refractivity contribution in [1.29, 1.82) is 0 Å². The molecule has 0 aliphatic heterocycles. The maximum atomic E-state index is 12.0. The quantitative estimate of drug-likeness (QED) is 0.905. The molecule has 2 rings (SSSR count). The number of nitrogens with zero attached hydrogens (tertiary/aromatic N) is 2. The van der Waals surface area contributed by atoms with E-state index >= 15 is 0 Å². The molecule has 1 atom stereocenters. The average molecular weight is 326 g/mol. The number of nitrogens with one attached hydrogen (secondary N) is 1. The number of aliphatic hydroxyl groups excluding tert-OH is 1. The third kappa shape index (κ3) is 3.91. The van der Waals surface area contributed by atoms with Gasteiger partial charge < -0.3 is 10.4 Å². The molecule has 2 N–H and O–H groups in total. The molecule has 1 aromatic carbocycles. The van der Waals surface area contributed by atoms with Crippen LogP contribution < -0.4 is 5.32 Å². The van der Waals surface area contributed by atoms with Crippen molar-refractivity contribution >= 4 is 29.1 Å². The fourth-order valence-electron chi connectivity index (χ4n) is 1.64. The van der Waals surface area contributed by atoms with Crippen molar-refractivity contribution in [2.24, 2.45) is 0 Å². The van der Waals surface area contributed by atoms with Gasteiger partial charge in [-0.3, -0.25) is 4.79 Å². The van der Waals surface area contributed by atoms with Crippen LogP contribution in [0.1, 0.15) is 17.4 Å². The summed E-state index contributed by atoms with van der Waals surface area (Å²) in [5.41, 5.74) is 1.51. The number of hydrogen-bond acceptors (Lipinski definition) is 4. The predicted molar refractivity (Wildman–Crippen MR) is 81.5 cm³/mol. The van der Waals surface area contributed by atoms with Crippen molar-refractivity contribution < 1.29 is 9.90 Å². The number of aromatic nitrogens is 2. The minimum Gasteiger partial charge on any atom is -0.394 e. The summed E-state index contributed by atoms with van der Waals surface area (Å²) >= 11 is 11.8. The molecule has 0 radical (unpaired) electrons. The summed E-state index contributed by atoms with van der Waals surface area (Å²) in [6, 6.07) is 6.30. The number of amides is 1. The summed E-state index contributed by atoms with van der Waals surface area (Å²) in [7, 11) is 0. The molecule has 110 valence electrons. The van der Waals surface area contributed by atoms with Gasteiger partial charge in [-0.1, -0.05) is 29.3 Å². The lowest BCUT2D eigenvalue weighted by atomic mass is 10.1.